The van der Waals surface area contributed by atoms with Crippen molar-refractivity contribution in [3.63, 3.8) is 0 Å². The van der Waals surface area contributed by atoms with E-state index in [2.05, 4.69) is 10.0 Å². The average molecular weight is 279 g/mol. The van der Waals surface area contributed by atoms with Gasteiger partial charge in [-0.1, -0.05) is 18.1 Å². The van der Waals surface area contributed by atoms with Crippen molar-refractivity contribution in [3.8, 4) is 5.75 Å². The van der Waals surface area contributed by atoms with E-state index in [1.54, 1.807) is 6.92 Å². The summed E-state index contributed by atoms with van der Waals surface area (Å²) in [5.41, 5.74) is 8.58. The van der Waals surface area contributed by atoms with Crippen LogP contribution in [0.5, 0.6) is 5.75 Å². The monoisotopic (exact) mass is 279 g/mol. The fourth-order valence-corrected chi connectivity index (χ4v) is 1.77. The van der Waals surface area contributed by atoms with E-state index in [0.717, 1.165) is 0 Å². The lowest BCUT2D eigenvalue weighted by atomic mass is 9.97. The second kappa shape index (κ2) is 7.49. The Balaban J connectivity index is 2.90. The van der Waals surface area contributed by atoms with Gasteiger partial charge in [-0.25, -0.2) is 0 Å². The van der Waals surface area contributed by atoms with Crippen molar-refractivity contribution >= 4 is 5.78 Å². The Bertz CT molecular complexity index is 526. The van der Waals surface area contributed by atoms with Crippen LogP contribution in [0.4, 0.5) is 0 Å². The lowest BCUT2D eigenvalue weighted by Crippen LogP contribution is -2.19. The van der Waals surface area contributed by atoms with E-state index in [0.29, 0.717) is 5.56 Å². The number of phenols is 1. The standard InChI is InChI=1S/C13H17N3O4/c1-2-10(17)9-7-8(3-4-11(9)18)13(20)12(19)5-6-15-16-14/h3-4,7,12-13,18-20H,2,5-6H2,1H3. The number of azide groups is 1. The number of hydrogen-bond donors (Lipinski definition) is 3. The maximum Gasteiger partial charge on any atom is 0.166 e. The molecule has 0 spiro atoms. The van der Waals surface area contributed by atoms with Crippen LogP contribution in [0.2, 0.25) is 0 Å². The first-order chi connectivity index (χ1) is 9.51. The molecule has 0 bridgehead atoms. The fraction of sp³-hybridized carbons (Fsp3) is 0.462. The first kappa shape index (κ1) is 16.0. The molecule has 0 saturated carbocycles. The molecule has 7 heteroatoms. The second-order valence-electron chi connectivity index (χ2n) is 4.31. The minimum absolute atomic E-state index is 0.0631. The highest BCUT2D eigenvalue weighted by molar-refractivity contribution is 5.98. The van der Waals surface area contributed by atoms with E-state index in [9.17, 15) is 20.1 Å². The van der Waals surface area contributed by atoms with Crippen molar-refractivity contribution in [3.05, 3.63) is 39.8 Å². The van der Waals surface area contributed by atoms with Crippen LogP contribution in [0.1, 0.15) is 41.8 Å². The molecule has 2 unspecified atom stereocenters. The summed E-state index contributed by atoms with van der Waals surface area (Å²) in [6.07, 6.45) is -2.00. The molecule has 7 nitrogen and oxygen atoms in total. The highest BCUT2D eigenvalue weighted by atomic mass is 16.3. The third-order valence-corrected chi connectivity index (χ3v) is 2.94. The number of ketones is 1. The normalized spacial score (nSPS) is 13.3. The third-order valence-electron chi connectivity index (χ3n) is 2.94. The summed E-state index contributed by atoms with van der Waals surface area (Å²) >= 11 is 0. The fourth-order valence-electron chi connectivity index (χ4n) is 1.77. The minimum Gasteiger partial charge on any atom is -0.507 e. The molecule has 0 aromatic heterocycles. The molecule has 3 N–H and O–H groups in total. The van der Waals surface area contributed by atoms with E-state index in [-0.39, 0.29) is 36.5 Å². The number of hydrogen-bond acceptors (Lipinski definition) is 5. The zero-order valence-electron chi connectivity index (χ0n) is 11.1. The van der Waals surface area contributed by atoms with Crippen molar-refractivity contribution in [2.45, 2.75) is 32.0 Å². The number of rotatable bonds is 7. The van der Waals surface area contributed by atoms with Crippen LogP contribution in [0.15, 0.2) is 23.3 Å². The van der Waals surface area contributed by atoms with E-state index >= 15 is 0 Å². The van der Waals surface area contributed by atoms with Gasteiger partial charge in [-0.3, -0.25) is 4.79 Å². The summed E-state index contributed by atoms with van der Waals surface area (Å²) in [6.45, 7) is 1.73. The molecular weight excluding hydrogens is 262 g/mol. The lowest BCUT2D eigenvalue weighted by Gasteiger charge is -2.18. The molecule has 0 aliphatic carbocycles. The number of aliphatic hydroxyl groups is 2. The maximum absolute atomic E-state index is 11.6. The molecule has 20 heavy (non-hydrogen) atoms. The van der Waals surface area contributed by atoms with Gasteiger partial charge in [0.25, 0.3) is 0 Å². The van der Waals surface area contributed by atoms with Gasteiger partial charge >= 0.3 is 0 Å². The van der Waals surface area contributed by atoms with Crippen molar-refractivity contribution in [1.29, 1.82) is 0 Å². The first-order valence-corrected chi connectivity index (χ1v) is 6.24. The summed E-state index contributed by atoms with van der Waals surface area (Å²) in [6, 6.07) is 4.10. The third kappa shape index (κ3) is 3.96. The number of phenolic OH excluding ortho intramolecular Hbond substituents is 1. The van der Waals surface area contributed by atoms with Crippen LogP contribution in [0, 0.1) is 0 Å². The van der Waals surface area contributed by atoms with E-state index in [1.165, 1.54) is 18.2 Å². The van der Waals surface area contributed by atoms with Crippen LogP contribution in [-0.4, -0.2) is 33.8 Å². The van der Waals surface area contributed by atoms with Gasteiger partial charge < -0.3 is 15.3 Å². The minimum atomic E-state index is -1.21. The largest absolute Gasteiger partial charge is 0.507 e. The van der Waals surface area contributed by atoms with Gasteiger partial charge in [0.1, 0.15) is 11.9 Å². The average Bonchev–Trinajstić information content (AvgIpc) is 2.46. The van der Waals surface area contributed by atoms with Crippen LogP contribution in [-0.2, 0) is 0 Å². The quantitative estimate of drug-likeness (QED) is 0.305. The molecule has 1 aromatic carbocycles. The van der Waals surface area contributed by atoms with Crippen LogP contribution in [0.25, 0.3) is 10.4 Å². The molecule has 0 radical (unpaired) electrons. The summed E-state index contributed by atoms with van der Waals surface area (Å²) in [5.74, 6) is -0.406. The Kier molecular flexibility index (Phi) is 5.99. The van der Waals surface area contributed by atoms with Gasteiger partial charge in [-0.2, -0.15) is 0 Å². The van der Waals surface area contributed by atoms with Gasteiger partial charge in [0.2, 0.25) is 0 Å². The van der Waals surface area contributed by atoms with E-state index in [1.807, 2.05) is 0 Å². The topological polar surface area (TPSA) is 127 Å². The van der Waals surface area contributed by atoms with Crippen molar-refractivity contribution in [2.75, 3.05) is 6.54 Å². The van der Waals surface area contributed by atoms with Crippen molar-refractivity contribution < 1.29 is 20.1 Å². The number of nitrogens with zero attached hydrogens (tertiary/aromatic N) is 3. The molecular formula is C13H17N3O4. The molecule has 0 heterocycles. The number of Topliss-reactive ketones (excluding diaryl/α,β-unsaturated/α-hetero) is 1. The number of carbonyl (C=O) groups is 1. The summed E-state index contributed by atoms with van der Waals surface area (Å²) in [7, 11) is 0. The number of aliphatic hydroxyl groups excluding tert-OH is 2. The van der Waals surface area contributed by atoms with Crippen LogP contribution < -0.4 is 0 Å². The highest BCUT2D eigenvalue weighted by Gasteiger charge is 2.20. The first-order valence-electron chi connectivity index (χ1n) is 6.24. The Morgan fingerprint density at radius 3 is 2.75 bits per heavy atom. The maximum atomic E-state index is 11.6. The highest BCUT2D eigenvalue weighted by Crippen LogP contribution is 2.26. The van der Waals surface area contributed by atoms with E-state index in [4.69, 9.17) is 5.53 Å². The van der Waals surface area contributed by atoms with Crippen LogP contribution >= 0.6 is 0 Å². The molecule has 0 aliphatic heterocycles. The lowest BCUT2D eigenvalue weighted by molar-refractivity contribution is 0.0150. The molecule has 2 atom stereocenters. The zero-order chi connectivity index (χ0) is 15.1. The number of benzene rings is 1. The predicted octanol–water partition coefficient (Wildman–Crippen LogP) is 2.08. The predicted molar refractivity (Wildman–Crippen MR) is 72.3 cm³/mol. The second-order valence-corrected chi connectivity index (χ2v) is 4.31. The number of aromatic hydroxyl groups is 1. The summed E-state index contributed by atoms with van der Waals surface area (Å²) in [5, 5.41) is 32.6. The van der Waals surface area contributed by atoms with Gasteiger partial charge in [0.15, 0.2) is 5.78 Å². The van der Waals surface area contributed by atoms with E-state index < -0.39 is 12.2 Å². The Labute approximate surface area is 116 Å². The zero-order valence-corrected chi connectivity index (χ0v) is 11.1. The Morgan fingerprint density at radius 2 is 2.15 bits per heavy atom. The molecule has 1 rings (SSSR count). The molecule has 0 amide bonds. The van der Waals surface area contributed by atoms with Crippen molar-refractivity contribution in [2.24, 2.45) is 5.11 Å². The van der Waals surface area contributed by atoms with Gasteiger partial charge in [-0.05, 0) is 29.6 Å². The molecule has 0 saturated heterocycles. The Hall–Kier alpha value is -2.08. The van der Waals surface area contributed by atoms with Crippen molar-refractivity contribution in [1.82, 2.24) is 0 Å². The SMILES string of the molecule is CCC(=O)c1cc(C(O)C(O)CCN=[N+]=[N-])ccc1O. The molecule has 0 fully saturated rings. The van der Waals surface area contributed by atoms with Gasteiger partial charge in [-0.15, -0.1) is 0 Å². The smallest absolute Gasteiger partial charge is 0.166 e. The molecule has 0 aliphatic rings. The Morgan fingerprint density at radius 1 is 1.45 bits per heavy atom. The van der Waals surface area contributed by atoms with Crippen LogP contribution in [0.3, 0.4) is 0 Å². The molecule has 108 valence electrons. The van der Waals surface area contributed by atoms with Gasteiger partial charge in [0.05, 0.1) is 11.7 Å². The summed E-state index contributed by atoms with van der Waals surface area (Å²) < 4.78 is 0. The number of carbonyl (C=O) groups excluding carboxylic acids is 1. The molecule has 1 aromatic rings. The summed E-state index contributed by atoms with van der Waals surface area (Å²) in [4.78, 5) is 14.2. The van der Waals surface area contributed by atoms with Gasteiger partial charge in [0, 0.05) is 17.9 Å².